The van der Waals surface area contributed by atoms with Gasteiger partial charge in [0, 0.05) is 26.2 Å². The van der Waals surface area contributed by atoms with Crippen molar-refractivity contribution in [2.45, 2.75) is 37.5 Å². The number of urea groups is 1. The summed E-state index contributed by atoms with van der Waals surface area (Å²) in [5.41, 5.74) is 0. The molecule has 0 saturated carbocycles. The minimum Gasteiger partial charge on any atom is -0.338 e. The fourth-order valence-corrected chi connectivity index (χ4v) is 4.35. The van der Waals surface area contributed by atoms with Gasteiger partial charge < -0.3 is 10.6 Å². The summed E-state index contributed by atoms with van der Waals surface area (Å²) in [6, 6.07) is 4.77. The standard InChI is InChI=1S/C17H26FN3O3S/c1-2-10-19-17(22)20-11-7-14-8-12-21(13-9-14)25(23,24)16-5-3-15(18)4-6-16/h3-6,14H,2,7-13H2,1H3,(H2,19,20,22). The molecule has 2 rings (SSSR count). The topological polar surface area (TPSA) is 78.5 Å². The van der Waals surface area contributed by atoms with Gasteiger partial charge in [0.15, 0.2) is 0 Å². The Morgan fingerprint density at radius 1 is 1.16 bits per heavy atom. The predicted octanol–water partition coefficient (Wildman–Crippen LogP) is 2.33. The van der Waals surface area contributed by atoms with Crippen LogP contribution in [0.2, 0.25) is 0 Å². The smallest absolute Gasteiger partial charge is 0.314 e. The second-order valence-electron chi connectivity index (χ2n) is 6.27. The van der Waals surface area contributed by atoms with Crippen LogP contribution in [0.15, 0.2) is 29.2 Å². The maximum atomic E-state index is 13.0. The van der Waals surface area contributed by atoms with Crippen molar-refractivity contribution < 1.29 is 17.6 Å². The third kappa shape index (κ3) is 5.67. The number of nitrogens with zero attached hydrogens (tertiary/aromatic N) is 1. The van der Waals surface area contributed by atoms with Crippen molar-refractivity contribution in [1.29, 1.82) is 0 Å². The summed E-state index contributed by atoms with van der Waals surface area (Å²) < 4.78 is 39.5. The van der Waals surface area contributed by atoms with Gasteiger partial charge in [0.2, 0.25) is 10.0 Å². The Hall–Kier alpha value is -1.67. The van der Waals surface area contributed by atoms with Crippen molar-refractivity contribution >= 4 is 16.1 Å². The molecule has 8 heteroatoms. The molecule has 1 aromatic carbocycles. The molecule has 0 spiro atoms. The van der Waals surface area contributed by atoms with Crippen LogP contribution in [0.3, 0.4) is 0 Å². The summed E-state index contributed by atoms with van der Waals surface area (Å²) in [6.07, 6.45) is 3.26. The van der Waals surface area contributed by atoms with E-state index >= 15 is 0 Å². The first-order valence-corrected chi connectivity index (χ1v) is 10.1. The zero-order valence-corrected chi connectivity index (χ0v) is 15.3. The molecule has 1 heterocycles. The molecule has 0 bridgehead atoms. The predicted molar refractivity (Wildman–Crippen MR) is 94.2 cm³/mol. The van der Waals surface area contributed by atoms with Gasteiger partial charge >= 0.3 is 6.03 Å². The number of halogens is 1. The summed E-state index contributed by atoms with van der Waals surface area (Å²) in [6.45, 7) is 4.14. The Bertz CT molecular complexity index is 656. The van der Waals surface area contributed by atoms with Crippen LogP contribution in [-0.2, 0) is 10.0 Å². The number of piperidine rings is 1. The van der Waals surface area contributed by atoms with Crippen LogP contribution >= 0.6 is 0 Å². The van der Waals surface area contributed by atoms with Crippen LogP contribution in [0, 0.1) is 11.7 Å². The third-order valence-electron chi connectivity index (χ3n) is 4.40. The average molecular weight is 371 g/mol. The maximum absolute atomic E-state index is 13.0. The Morgan fingerprint density at radius 2 is 1.76 bits per heavy atom. The molecule has 0 atom stereocenters. The summed E-state index contributed by atoms with van der Waals surface area (Å²) in [5, 5.41) is 5.57. The van der Waals surface area contributed by atoms with Gasteiger partial charge in [-0.05, 0) is 55.9 Å². The van der Waals surface area contributed by atoms with Gasteiger partial charge in [-0.3, -0.25) is 0 Å². The van der Waals surface area contributed by atoms with E-state index in [-0.39, 0.29) is 10.9 Å². The fraction of sp³-hybridized carbons (Fsp3) is 0.588. The highest BCUT2D eigenvalue weighted by atomic mass is 32.2. The Labute approximate surface area is 148 Å². The molecule has 2 amide bonds. The minimum absolute atomic E-state index is 0.126. The van der Waals surface area contributed by atoms with E-state index in [0.717, 1.165) is 37.8 Å². The fourth-order valence-electron chi connectivity index (χ4n) is 2.88. The Morgan fingerprint density at radius 3 is 2.36 bits per heavy atom. The molecular formula is C17H26FN3O3S. The number of carbonyl (C=O) groups excluding carboxylic acids is 1. The second-order valence-corrected chi connectivity index (χ2v) is 8.21. The van der Waals surface area contributed by atoms with E-state index in [9.17, 15) is 17.6 Å². The van der Waals surface area contributed by atoms with Crippen LogP contribution < -0.4 is 10.6 Å². The summed E-state index contributed by atoms with van der Waals surface area (Å²) in [7, 11) is -3.56. The molecule has 1 aliphatic rings. The van der Waals surface area contributed by atoms with Crippen molar-refractivity contribution in [3.05, 3.63) is 30.1 Å². The van der Waals surface area contributed by atoms with E-state index in [1.807, 2.05) is 6.92 Å². The van der Waals surface area contributed by atoms with E-state index in [0.29, 0.717) is 32.1 Å². The van der Waals surface area contributed by atoms with Crippen molar-refractivity contribution in [1.82, 2.24) is 14.9 Å². The highest BCUT2D eigenvalue weighted by Crippen LogP contribution is 2.25. The van der Waals surface area contributed by atoms with E-state index in [1.165, 1.54) is 16.4 Å². The molecule has 1 saturated heterocycles. The molecule has 1 fully saturated rings. The average Bonchev–Trinajstić information content (AvgIpc) is 2.61. The molecule has 1 aromatic rings. The number of carbonyl (C=O) groups is 1. The molecule has 0 unspecified atom stereocenters. The summed E-state index contributed by atoms with van der Waals surface area (Å²) in [5.74, 6) is -0.0562. The van der Waals surface area contributed by atoms with Crippen molar-refractivity contribution in [2.24, 2.45) is 5.92 Å². The van der Waals surface area contributed by atoms with Crippen LogP contribution in [0.25, 0.3) is 0 Å². The van der Waals surface area contributed by atoms with Crippen molar-refractivity contribution in [2.75, 3.05) is 26.2 Å². The highest BCUT2D eigenvalue weighted by molar-refractivity contribution is 7.89. The van der Waals surface area contributed by atoms with Gasteiger partial charge in [0.25, 0.3) is 0 Å². The van der Waals surface area contributed by atoms with Gasteiger partial charge in [-0.2, -0.15) is 4.31 Å². The normalized spacial score (nSPS) is 16.6. The number of amides is 2. The lowest BCUT2D eigenvalue weighted by Gasteiger charge is -2.31. The van der Waals surface area contributed by atoms with Crippen LogP contribution in [0.1, 0.15) is 32.6 Å². The lowest BCUT2D eigenvalue weighted by atomic mass is 9.95. The van der Waals surface area contributed by atoms with Crippen LogP contribution in [0.4, 0.5) is 9.18 Å². The first-order valence-electron chi connectivity index (χ1n) is 8.71. The number of rotatable bonds is 7. The van der Waals surface area contributed by atoms with Crippen molar-refractivity contribution in [3.8, 4) is 0 Å². The molecule has 6 nitrogen and oxygen atoms in total. The largest absolute Gasteiger partial charge is 0.338 e. The van der Waals surface area contributed by atoms with E-state index in [4.69, 9.17) is 0 Å². The Kier molecular flexibility index (Phi) is 7.19. The van der Waals surface area contributed by atoms with Crippen LogP contribution in [0.5, 0.6) is 0 Å². The lowest BCUT2D eigenvalue weighted by molar-refractivity contribution is 0.236. The van der Waals surface area contributed by atoms with Gasteiger partial charge in [-0.15, -0.1) is 0 Å². The second kappa shape index (κ2) is 9.15. The zero-order valence-electron chi connectivity index (χ0n) is 14.5. The molecule has 25 heavy (non-hydrogen) atoms. The molecule has 0 aliphatic carbocycles. The number of nitrogens with one attached hydrogen (secondary N) is 2. The molecule has 0 radical (unpaired) electrons. The number of hydrogen-bond acceptors (Lipinski definition) is 3. The third-order valence-corrected chi connectivity index (χ3v) is 6.31. The lowest BCUT2D eigenvalue weighted by Crippen LogP contribution is -2.40. The zero-order chi connectivity index (χ0) is 18.3. The van der Waals surface area contributed by atoms with Gasteiger partial charge in [0.05, 0.1) is 4.90 Å². The Balaban J connectivity index is 1.77. The number of hydrogen-bond donors (Lipinski definition) is 2. The monoisotopic (exact) mass is 371 g/mol. The number of benzene rings is 1. The summed E-state index contributed by atoms with van der Waals surface area (Å²) >= 11 is 0. The first-order chi connectivity index (χ1) is 11.9. The van der Waals surface area contributed by atoms with E-state index in [1.54, 1.807) is 0 Å². The SMILES string of the molecule is CCCNC(=O)NCCC1CCN(S(=O)(=O)c2ccc(F)cc2)CC1. The first kappa shape index (κ1) is 19.7. The molecule has 140 valence electrons. The highest BCUT2D eigenvalue weighted by Gasteiger charge is 2.29. The molecule has 1 aliphatic heterocycles. The van der Waals surface area contributed by atoms with Crippen LogP contribution in [-0.4, -0.2) is 44.9 Å². The number of sulfonamides is 1. The molecule has 0 aromatic heterocycles. The van der Waals surface area contributed by atoms with E-state index in [2.05, 4.69) is 10.6 Å². The molecule has 2 N–H and O–H groups in total. The van der Waals surface area contributed by atoms with Gasteiger partial charge in [-0.25, -0.2) is 17.6 Å². The summed E-state index contributed by atoms with van der Waals surface area (Å²) in [4.78, 5) is 11.6. The maximum Gasteiger partial charge on any atom is 0.314 e. The van der Waals surface area contributed by atoms with E-state index < -0.39 is 15.8 Å². The minimum atomic E-state index is -3.56. The molecular weight excluding hydrogens is 345 g/mol. The van der Waals surface area contributed by atoms with Crippen molar-refractivity contribution in [3.63, 3.8) is 0 Å². The van der Waals surface area contributed by atoms with Gasteiger partial charge in [0.1, 0.15) is 5.82 Å². The van der Waals surface area contributed by atoms with Gasteiger partial charge in [-0.1, -0.05) is 6.92 Å². The quantitative estimate of drug-likeness (QED) is 0.772.